The summed E-state index contributed by atoms with van der Waals surface area (Å²) in [4.78, 5) is 24.5. The second-order valence-corrected chi connectivity index (χ2v) is 6.59. The molecule has 0 radical (unpaired) electrons. The van der Waals surface area contributed by atoms with Crippen molar-refractivity contribution in [2.75, 3.05) is 25.5 Å². The van der Waals surface area contributed by atoms with E-state index in [4.69, 9.17) is 4.74 Å². The first-order chi connectivity index (χ1) is 14.6. The molecule has 3 aromatic rings. The molecule has 1 aliphatic rings. The number of anilines is 1. The lowest BCUT2D eigenvalue weighted by atomic mass is 10.2. The molecule has 6 nitrogen and oxygen atoms in total. The topological polar surface area (TPSA) is 83.2 Å². The van der Waals surface area contributed by atoms with Gasteiger partial charge in [0.05, 0.1) is 12.6 Å². The van der Waals surface area contributed by atoms with Crippen LogP contribution in [0.1, 0.15) is 30.3 Å². The normalized spacial score (nSPS) is 14.7. The van der Waals surface area contributed by atoms with Gasteiger partial charge < -0.3 is 25.1 Å². The molecule has 2 aromatic carbocycles. The number of hydrogen-bond donors (Lipinski definition) is 3. The summed E-state index contributed by atoms with van der Waals surface area (Å²) in [6.45, 7) is 3.19. The summed E-state index contributed by atoms with van der Waals surface area (Å²) < 4.78 is 16.8. The zero-order chi connectivity index (χ0) is 21.8. The highest BCUT2D eigenvalue weighted by Crippen LogP contribution is 2.20. The quantitative estimate of drug-likeness (QED) is 0.442. The second kappa shape index (κ2) is 12.4. The lowest BCUT2D eigenvalue weighted by Crippen LogP contribution is -2.21. The molecule has 1 atom stereocenters. The van der Waals surface area contributed by atoms with Crippen LogP contribution in [0.4, 0.5) is 10.1 Å². The molecule has 0 spiro atoms. The van der Waals surface area contributed by atoms with Crippen LogP contribution in [-0.4, -0.2) is 43.5 Å². The van der Waals surface area contributed by atoms with Crippen molar-refractivity contribution in [1.82, 2.24) is 10.3 Å². The molecule has 1 fully saturated rings. The van der Waals surface area contributed by atoms with Crippen LogP contribution in [0.2, 0.25) is 0 Å². The second-order valence-electron chi connectivity index (χ2n) is 6.59. The third kappa shape index (κ3) is 7.33. The number of hydrogen-bond acceptors (Lipinski definition) is 5. The molecule has 7 heteroatoms. The van der Waals surface area contributed by atoms with Crippen molar-refractivity contribution in [3.63, 3.8) is 0 Å². The summed E-state index contributed by atoms with van der Waals surface area (Å²) in [5.74, 6) is -0.493. The first-order valence-corrected chi connectivity index (χ1v) is 9.94. The average Bonchev–Trinajstić information content (AvgIpc) is 3.44. The number of carbonyl (C=O) groups excluding carboxylic acids is 2. The van der Waals surface area contributed by atoms with Crippen LogP contribution in [0, 0.1) is 5.82 Å². The van der Waals surface area contributed by atoms with E-state index in [0.29, 0.717) is 12.3 Å². The number of carbonyl (C=O) groups is 2. The molecular formula is C23H28FN3O3. The molecule has 0 saturated carbocycles. The van der Waals surface area contributed by atoms with E-state index in [9.17, 15) is 14.0 Å². The van der Waals surface area contributed by atoms with E-state index in [2.05, 4.69) is 15.6 Å². The van der Waals surface area contributed by atoms with Crippen LogP contribution in [0.5, 0.6) is 0 Å². The van der Waals surface area contributed by atoms with E-state index in [0.717, 1.165) is 42.3 Å². The fraction of sp³-hybridized carbons (Fsp3) is 0.304. The summed E-state index contributed by atoms with van der Waals surface area (Å²) in [5.41, 5.74) is 2.44. The minimum absolute atomic E-state index is 0.167. The summed E-state index contributed by atoms with van der Waals surface area (Å²) in [7, 11) is 1.86. The van der Waals surface area contributed by atoms with Crippen molar-refractivity contribution >= 4 is 28.8 Å². The van der Waals surface area contributed by atoms with Crippen LogP contribution in [-0.2, 0) is 9.53 Å². The Morgan fingerprint density at radius 1 is 1.23 bits per heavy atom. The molecule has 2 heterocycles. The summed E-state index contributed by atoms with van der Waals surface area (Å²) in [6, 6.07) is 15.8. The molecule has 1 unspecified atom stereocenters. The van der Waals surface area contributed by atoms with Crippen LogP contribution in [0.15, 0.2) is 54.6 Å². The van der Waals surface area contributed by atoms with Gasteiger partial charge in [0.15, 0.2) is 0 Å². The number of aldehydes is 1. The standard InChI is InChI=1S/C12H14N2O2.C6H5F.C5H9NO/c1-3-16-12(15)11-7-8-6-9(13-2)4-5-10(8)14-11;7-6-4-2-1-3-5-6;7-4-5-2-1-3-6-5/h4-7,13-14H,3H2,1-2H3;1-5H;4-6H,1-3H2. The molecule has 160 valence electrons. The van der Waals surface area contributed by atoms with Gasteiger partial charge in [0, 0.05) is 23.6 Å². The Labute approximate surface area is 175 Å². The fourth-order valence-corrected chi connectivity index (χ4v) is 2.85. The number of benzene rings is 2. The smallest absolute Gasteiger partial charge is 0.354 e. The predicted molar refractivity (Wildman–Crippen MR) is 117 cm³/mol. The number of aromatic nitrogens is 1. The number of ether oxygens (including phenoxy) is 1. The van der Waals surface area contributed by atoms with Crippen molar-refractivity contribution in [3.8, 4) is 0 Å². The molecule has 0 aliphatic carbocycles. The minimum atomic E-state index is -0.315. The molecule has 1 aliphatic heterocycles. The van der Waals surface area contributed by atoms with E-state index in [1.54, 1.807) is 31.2 Å². The Morgan fingerprint density at radius 3 is 2.50 bits per heavy atom. The number of halogens is 1. The molecule has 1 saturated heterocycles. The highest BCUT2D eigenvalue weighted by Gasteiger charge is 2.11. The SMILES string of the molecule is CCOC(=O)c1cc2cc(NC)ccc2[nH]1.Fc1ccccc1.O=CC1CCCN1. The van der Waals surface area contributed by atoms with Gasteiger partial charge in [0.25, 0.3) is 0 Å². The van der Waals surface area contributed by atoms with E-state index in [-0.39, 0.29) is 17.8 Å². The number of nitrogens with one attached hydrogen (secondary N) is 3. The van der Waals surface area contributed by atoms with Gasteiger partial charge in [0.2, 0.25) is 0 Å². The largest absolute Gasteiger partial charge is 0.461 e. The molecule has 30 heavy (non-hydrogen) atoms. The fourth-order valence-electron chi connectivity index (χ4n) is 2.85. The van der Waals surface area contributed by atoms with Crippen LogP contribution in [0.25, 0.3) is 10.9 Å². The number of esters is 1. The van der Waals surface area contributed by atoms with E-state index < -0.39 is 0 Å². The molecular weight excluding hydrogens is 385 g/mol. The maximum Gasteiger partial charge on any atom is 0.354 e. The van der Waals surface area contributed by atoms with Gasteiger partial charge in [0.1, 0.15) is 17.8 Å². The summed E-state index contributed by atoms with van der Waals surface area (Å²) >= 11 is 0. The first-order valence-electron chi connectivity index (χ1n) is 9.94. The van der Waals surface area contributed by atoms with Crippen molar-refractivity contribution in [2.24, 2.45) is 0 Å². The number of H-pyrrole nitrogens is 1. The highest BCUT2D eigenvalue weighted by atomic mass is 19.1. The monoisotopic (exact) mass is 413 g/mol. The number of fused-ring (bicyclic) bond motifs is 1. The van der Waals surface area contributed by atoms with Crippen LogP contribution >= 0.6 is 0 Å². The molecule has 0 amide bonds. The van der Waals surface area contributed by atoms with Gasteiger partial charge >= 0.3 is 5.97 Å². The molecule has 3 N–H and O–H groups in total. The molecule has 1 aromatic heterocycles. The van der Waals surface area contributed by atoms with Gasteiger partial charge in [-0.3, -0.25) is 0 Å². The van der Waals surface area contributed by atoms with Gasteiger partial charge in [-0.1, -0.05) is 18.2 Å². The van der Waals surface area contributed by atoms with Gasteiger partial charge in [-0.05, 0) is 62.7 Å². The summed E-state index contributed by atoms with van der Waals surface area (Å²) in [5, 5.41) is 7.09. The zero-order valence-electron chi connectivity index (χ0n) is 17.3. The van der Waals surface area contributed by atoms with Crippen LogP contribution in [0.3, 0.4) is 0 Å². The average molecular weight is 413 g/mol. The van der Waals surface area contributed by atoms with Crippen molar-refractivity contribution in [3.05, 3.63) is 66.1 Å². The highest BCUT2D eigenvalue weighted by molar-refractivity contribution is 5.95. The third-order valence-electron chi connectivity index (χ3n) is 4.40. The van der Waals surface area contributed by atoms with Gasteiger partial charge in [-0.25, -0.2) is 9.18 Å². The van der Waals surface area contributed by atoms with Crippen molar-refractivity contribution in [2.45, 2.75) is 25.8 Å². The maximum absolute atomic E-state index is 11.9. The Hall–Kier alpha value is -3.19. The van der Waals surface area contributed by atoms with Crippen molar-refractivity contribution in [1.29, 1.82) is 0 Å². The lowest BCUT2D eigenvalue weighted by molar-refractivity contribution is -0.109. The maximum atomic E-state index is 11.9. The summed E-state index contributed by atoms with van der Waals surface area (Å²) in [6.07, 6.45) is 3.17. The van der Waals surface area contributed by atoms with E-state index in [1.165, 1.54) is 12.1 Å². The Balaban J connectivity index is 0.000000188. The Kier molecular flexibility index (Phi) is 9.54. The van der Waals surface area contributed by atoms with E-state index in [1.807, 2.05) is 25.2 Å². The van der Waals surface area contributed by atoms with Gasteiger partial charge in [-0.15, -0.1) is 0 Å². The van der Waals surface area contributed by atoms with Crippen molar-refractivity contribution < 1.29 is 18.7 Å². The first kappa shape index (κ1) is 23.1. The Bertz CT molecular complexity index is 922. The zero-order valence-corrected chi connectivity index (χ0v) is 17.3. The number of rotatable bonds is 4. The predicted octanol–water partition coefficient (Wildman–Crippen LogP) is 4.15. The number of aromatic amines is 1. The lowest BCUT2D eigenvalue weighted by Gasteiger charge is -1.97. The molecule has 0 bridgehead atoms. The third-order valence-corrected chi connectivity index (χ3v) is 4.40. The van der Waals surface area contributed by atoms with Crippen LogP contribution < -0.4 is 10.6 Å². The van der Waals surface area contributed by atoms with Gasteiger partial charge in [-0.2, -0.15) is 0 Å². The minimum Gasteiger partial charge on any atom is -0.461 e. The van der Waals surface area contributed by atoms with E-state index >= 15 is 0 Å². The molecule has 4 rings (SSSR count). The Morgan fingerprint density at radius 2 is 2.00 bits per heavy atom.